The summed E-state index contributed by atoms with van der Waals surface area (Å²) in [5.74, 6) is -6.49. The van der Waals surface area contributed by atoms with Crippen molar-refractivity contribution >= 4 is 29.8 Å². The Balaban J connectivity index is -0.000000514. The maximum absolute atomic E-state index is 12.1. The number of hydrogen-bond acceptors (Lipinski definition) is 10. The van der Waals surface area contributed by atoms with Crippen LogP contribution in [0.25, 0.3) is 0 Å². The summed E-state index contributed by atoms with van der Waals surface area (Å²) in [5, 5.41) is 0. The molecular formula is C18H15MnO13. The molecule has 0 N–H and O–H groups in total. The van der Waals surface area contributed by atoms with Crippen molar-refractivity contribution < 1.29 is 78.7 Å². The van der Waals surface area contributed by atoms with Crippen molar-refractivity contribution in [2.24, 2.45) is 0 Å². The monoisotopic (exact) mass is 494 g/mol. The fraction of sp³-hybridized carbons (Fsp3) is 0.278. The van der Waals surface area contributed by atoms with E-state index in [0.29, 0.717) is 0 Å². The maximum atomic E-state index is 12.1. The van der Waals surface area contributed by atoms with Crippen LogP contribution in [-0.4, -0.2) is 65.4 Å². The van der Waals surface area contributed by atoms with Gasteiger partial charge >= 0.3 is 63.8 Å². The predicted molar refractivity (Wildman–Crippen MR) is 89.2 cm³/mol. The molecule has 0 aromatic heterocycles. The van der Waals surface area contributed by atoms with Crippen molar-refractivity contribution in [3.8, 4) is 0 Å². The molecule has 0 saturated heterocycles. The molecule has 0 unspecified atom stereocenters. The van der Waals surface area contributed by atoms with Gasteiger partial charge in [-0.05, 0) is 0 Å². The molecule has 32 heavy (non-hydrogen) atoms. The largest absolute Gasteiger partial charge is 0 e. The Morgan fingerprint density at radius 1 is 0.469 bits per heavy atom. The Labute approximate surface area is 192 Å². The zero-order valence-electron chi connectivity index (χ0n) is 17.2. The molecular weight excluding hydrogens is 479 g/mol. The Bertz CT molecular complexity index is 763. The second-order valence-corrected chi connectivity index (χ2v) is 4.33. The van der Waals surface area contributed by atoms with Crippen molar-refractivity contribution in [1.82, 2.24) is 0 Å². The molecule has 0 aromatic rings. The van der Waals surface area contributed by atoms with Crippen molar-refractivity contribution in [3.05, 3.63) is 48.2 Å². The van der Waals surface area contributed by atoms with E-state index in [2.05, 4.69) is 43.6 Å². The van der Waals surface area contributed by atoms with Gasteiger partial charge in [0.1, 0.15) is 0 Å². The number of methoxy groups -OCH3 is 5. The van der Waals surface area contributed by atoms with E-state index in [9.17, 15) is 24.0 Å². The Morgan fingerprint density at radius 2 is 0.656 bits per heavy atom. The molecule has 0 amide bonds. The number of rotatable bonds is 5. The van der Waals surface area contributed by atoms with Crippen LogP contribution >= 0.6 is 0 Å². The van der Waals surface area contributed by atoms with Crippen LogP contribution in [0, 0.1) is 25.9 Å². The summed E-state index contributed by atoms with van der Waals surface area (Å²) in [6.07, 6.45) is 0. The fourth-order valence-corrected chi connectivity index (χ4v) is 2.16. The molecule has 1 rings (SSSR count). The van der Waals surface area contributed by atoms with Crippen LogP contribution in [0.1, 0.15) is 0 Å². The first-order chi connectivity index (χ1) is 14.8. The molecule has 0 fully saturated rings. The van der Waals surface area contributed by atoms with Crippen LogP contribution in [0.4, 0.5) is 0 Å². The smallest absolute Gasteiger partial charge is 0 e. The van der Waals surface area contributed by atoms with E-state index in [-0.39, 0.29) is 17.1 Å². The van der Waals surface area contributed by atoms with E-state index in [0.717, 1.165) is 35.5 Å². The number of ether oxygens (including phenoxy) is 5. The number of carbonyl (C=O) groups is 5. The third-order valence-electron chi connectivity index (χ3n) is 3.20. The van der Waals surface area contributed by atoms with Crippen molar-refractivity contribution in [1.29, 1.82) is 0 Å². The molecule has 1 aliphatic rings. The van der Waals surface area contributed by atoms with E-state index >= 15 is 0 Å². The molecule has 0 aliphatic heterocycles. The van der Waals surface area contributed by atoms with Crippen LogP contribution < -0.4 is 0 Å². The average Bonchev–Trinajstić information content (AvgIpc) is 3.21. The molecule has 0 spiro atoms. The standard InChI is InChI=1S/C15H15O10.3CO.Mn/c1-21-11(16)6-7(12(17)22-2)9(14(19)24-4)10(15(20)25-5)8(6)13(18)23-3;3*1-2;/h1-5H3;;;;. The van der Waals surface area contributed by atoms with E-state index in [4.69, 9.17) is 14.0 Å². The van der Waals surface area contributed by atoms with Crippen LogP contribution in [-0.2, 0) is 78.7 Å². The minimum Gasteiger partial charge on any atom is 0 e. The molecule has 2 radical (unpaired) electrons. The molecule has 14 heteroatoms. The van der Waals surface area contributed by atoms with Gasteiger partial charge in [-0.15, -0.1) is 0 Å². The van der Waals surface area contributed by atoms with Gasteiger partial charge in [0.05, 0.1) is 57.8 Å². The first-order valence-electron chi connectivity index (χ1n) is 7.19. The fourth-order valence-electron chi connectivity index (χ4n) is 2.16. The van der Waals surface area contributed by atoms with Crippen LogP contribution in [0.15, 0.2) is 22.3 Å². The summed E-state index contributed by atoms with van der Waals surface area (Å²) < 4.78 is 45.2. The van der Waals surface area contributed by atoms with E-state index in [1.807, 2.05) is 0 Å². The predicted octanol–water partition coefficient (Wildman–Crippen LogP) is -1.08. The summed E-state index contributed by atoms with van der Waals surface area (Å²) >= 11 is 0. The summed E-state index contributed by atoms with van der Waals surface area (Å²) in [7, 11) is 4.90. The van der Waals surface area contributed by atoms with Crippen LogP contribution in [0.5, 0.6) is 0 Å². The summed E-state index contributed by atoms with van der Waals surface area (Å²) in [6.45, 7) is 13.5. The number of carbonyl (C=O) groups excluding carboxylic acids is 5. The van der Waals surface area contributed by atoms with Crippen molar-refractivity contribution in [3.63, 3.8) is 0 Å². The topological polar surface area (TPSA) is 191 Å². The van der Waals surface area contributed by atoms with Gasteiger partial charge in [0.2, 0.25) is 0 Å². The third-order valence-corrected chi connectivity index (χ3v) is 3.20. The molecule has 0 heterocycles. The summed E-state index contributed by atoms with van der Waals surface area (Å²) in [5.41, 5.74) is -2.66. The third kappa shape index (κ3) is 8.01. The van der Waals surface area contributed by atoms with Crippen LogP contribution in [0.2, 0.25) is 0 Å². The van der Waals surface area contributed by atoms with Gasteiger partial charge in [-0.3, -0.25) is 4.79 Å². The van der Waals surface area contributed by atoms with Crippen molar-refractivity contribution in [2.45, 2.75) is 0 Å². The van der Waals surface area contributed by atoms with Crippen LogP contribution in [0.3, 0.4) is 0 Å². The maximum Gasteiger partial charge on any atom is 0 e. The van der Waals surface area contributed by atoms with E-state index in [1.54, 1.807) is 0 Å². The minimum absolute atomic E-state index is 0. The molecule has 0 atom stereocenters. The first kappa shape index (κ1) is 36.0. The van der Waals surface area contributed by atoms with Gasteiger partial charge < -0.3 is 23.7 Å². The Hall–Kier alpha value is -3.43. The number of hydrogen-bond donors (Lipinski definition) is 0. The van der Waals surface area contributed by atoms with Gasteiger partial charge in [-0.25, -0.2) is 19.2 Å². The second-order valence-electron chi connectivity index (χ2n) is 4.33. The molecule has 0 bridgehead atoms. The SMILES string of the molecule is COC(=O)[C]1C(C(=O)OC)=C(C(=O)OC)C(C(=O)OC)=C1C(=O)OC.[C-]#[O+].[C-]#[O+].[C-]#[O+].[Mn]. The molecule has 172 valence electrons. The molecule has 0 saturated carbocycles. The second kappa shape index (κ2) is 19.5. The Kier molecular flexibility index (Phi) is 22.0. The quantitative estimate of drug-likeness (QED) is 0.149. The van der Waals surface area contributed by atoms with Crippen molar-refractivity contribution in [2.75, 3.05) is 35.5 Å². The average molecular weight is 494 g/mol. The molecule has 0 aromatic carbocycles. The summed E-state index contributed by atoms with van der Waals surface area (Å²) in [4.78, 5) is 60.7. The molecule has 13 nitrogen and oxygen atoms in total. The summed E-state index contributed by atoms with van der Waals surface area (Å²) in [6, 6.07) is 0. The zero-order valence-corrected chi connectivity index (χ0v) is 18.4. The van der Waals surface area contributed by atoms with E-state index < -0.39 is 58.1 Å². The first-order valence-corrected chi connectivity index (χ1v) is 7.19. The minimum atomic E-state index is -1.17. The Morgan fingerprint density at radius 3 is 0.844 bits per heavy atom. The van der Waals surface area contributed by atoms with Gasteiger partial charge in [-0.1, -0.05) is 0 Å². The van der Waals surface area contributed by atoms with Gasteiger partial charge in [-0.2, -0.15) is 0 Å². The number of esters is 5. The van der Waals surface area contributed by atoms with Gasteiger partial charge in [0, 0.05) is 17.1 Å². The zero-order chi connectivity index (χ0) is 25.3. The van der Waals surface area contributed by atoms with Gasteiger partial charge in [0.15, 0.2) is 5.92 Å². The van der Waals surface area contributed by atoms with Gasteiger partial charge in [0.25, 0.3) is 0 Å². The molecule has 1 aliphatic carbocycles. The normalized spacial score (nSPS) is 11.2. The van der Waals surface area contributed by atoms with E-state index in [1.165, 1.54) is 0 Å².